The van der Waals surface area contributed by atoms with Crippen LogP contribution < -0.4 is 5.32 Å². The Hall–Kier alpha value is -0.940. The van der Waals surface area contributed by atoms with Crippen LogP contribution in [-0.2, 0) is 0 Å². The number of nitrogens with zero attached hydrogens (tertiary/aromatic N) is 2. The van der Waals surface area contributed by atoms with Crippen molar-refractivity contribution in [3.05, 3.63) is 15.6 Å². The molecule has 2 heterocycles. The fraction of sp³-hybridized carbons (Fsp3) is 0.733. The first-order chi connectivity index (χ1) is 9.45. The van der Waals surface area contributed by atoms with E-state index in [4.69, 9.17) is 0 Å². The van der Waals surface area contributed by atoms with Gasteiger partial charge in [-0.05, 0) is 32.1 Å². The number of nitrogens with one attached hydrogen (secondary N) is 1. The number of carbonyl (C=O) groups is 1. The standard InChI is InChI=1S/C15H25N3OS/c1-10-7-11(2)9-18(8-10)6-5-16-15(19)14-12(3)17-13(4)20-14/h10-11H,5-9H2,1-4H3,(H,16,19)/t10-,11+. The van der Waals surface area contributed by atoms with Gasteiger partial charge >= 0.3 is 0 Å². The molecule has 2 atom stereocenters. The summed E-state index contributed by atoms with van der Waals surface area (Å²) in [5.41, 5.74) is 0.838. The highest BCUT2D eigenvalue weighted by Crippen LogP contribution is 2.20. The van der Waals surface area contributed by atoms with Crippen LogP contribution in [0.1, 0.15) is 40.6 Å². The fourth-order valence-electron chi connectivity index (χ4n) is 3.12. The van der Waals surface area contributed by atoms with E-state index in [1.807, 2.05) is 13.8 Å². The number of likely N-dealkylation sites (tertiary alicyclic amines) is 1. The molecule has 0 unspecified atom stereocenters. The molecular formula is C15H25N3OS. The zero-order valence-electron chi connectivity index (χ0n) is 12.9. The summed E-state index contributed by atoms with van der Waals surface area (Å²) in [5, 5.41) is 3.97. The quantitative estimate of drug-likeness (QED) is 0.928. The van der Waals surface area contributed by atoms with Crippen molar-refractivity contribution in [2.75, 3.05) is 26.2 Å². The lowest BCUT2D eigenvalue weighted by Crippen LogP contribution is -2.42. The first-order valence-electron chi connectivity index (χ1n) is 7.40. The Morgan fingerprint density at radius 1 is 1.35 bits per heavy atom. The molecule has 112 valence electrons. The first-order valence-corrected chi connectivity index (χ1v) is 8.22. The van der Waals surface area contributed by atoms with E-state index in [1.54, 1.807) is 0 Å². The third-order valence-electron chi connectivity index (χ3n) is 3.77. The van der Waals surface area contributed by atoms with Gasteiger partial charge < -0.3 is 10.2 Å². The molecule has 0 saturated carbocycles. The minimum Gasteiger partial charge on any atom is -0.350 e. The molecule has 5 heteroatoms. The van der Waals surface area contributed by atoms with Crippen molar-refractivity contribution in [1.29, 1.82) is 0 Å². The molecule has 0 aromatic carbocycles. The van der Waals surface area contributed by atoms with Gasteiger partial charge in [0.25, 0.3) is 5.91 Å². The van der Waals surface area contributed by atoms with E-state index in [0.29, 0.717) is 6.54 Å². The Kier molecular flexibility index (Phi) is 5.16. The zero-order chi connectivity index (χ0) is 14.7. The molecule has 0 spiro atoms. The van der Waals surface area contributed by atoms with E-state index in [-0.39, 0.29) is 5.91 Å². The lowest BCUT2D eigenvalue weighted by molar-refractivity contribution is 0.0940. The normalized spacial score (nSPS) is 23.8. The van der Waals surface area contributed by atoms with E-state index in [0.717, 1.165) is 47.0 Å². The molecule has 1 aliphatic heterocycles. The van der Waals surface area contributed by atoms with Crippen molar-refractivity contribution in [1.82, 2.24) is 15.2 Å². The van der Waals surface area contributed by atoms with E-state index >= 15 is 0 Å². The summed E-state index contributed by atoms with van der Waals surface area (Å²) in [7, 11) is 0. The number of piperidine rings is 1. The summed E-state index contributed by atoms with van der Waals surface area (Å²) >= 11 is 1.47. The van der Waals surface area contributed by atoms with E-state index in [2.05, 4.69) is 29.0 Å². The maximum absolute atomic E-state index is 12.1. The van der Waals surface area contributed by atoms with Gasteiger partial charge in [0, 0.05) is 26.2 Å². The Bertz CT molecular complexity index is 462. The van der Waals surface area contributed by atoms with Crippen molar-refractivity contribution in [2.24, 2.45) is 11.8 Å². The predicted octanol–water partition coefficient (Wildman–Crippen LogP) is 2.47. The number of hydrogen-bond donors (Lipinski definition) is 1. The number of hydrogen-bond acceptors (Lipinski definition) is 4. The monoisotopic (exact) mass is 295 g/mol. The zero-order valence-corrected chi connectivity index (χ0v) is 13.7. The van der Waals surface area contributed by atoms with Crippen LogP contribution >= 0.6 is 11.3 Å². The summed E-state index contributed by atoms with van der Waals surface area (Å²) in [5.74, 6) is 1.55. The van der Waals surface area contributed by atoms with Gasteiger partial charge in [-0.1, -0.05) is 13.8 Å². The molecule has 1 fully saturated rings. The van der Waals surface area contributed by atoms with Crippen molar-refractivity contribution < 1.29 is 4.79 Å². The maximum Gasteiger partial charge on any atom is 0.263 e. The van der Waals surface area contributed by atoms with Crippen molar-refractivity contribution >= 4 is 17.2 Å². The van der Waals surface area contributed by atoms with E-state index in [9.17, 15) is 4.79 Å². The van der Waals surface area contributed by atoms with Gasteiger partial charge in [-0.15, -0.1) is 11.3 Å². The molecule has 1 aliphatic rings. The average molecular weight is 295 g/mol. The lowest BCUT2D eigenvalue weighted by Gasteiger charge is -2.34. The van der Waals surface area contributed by atoms with Gasteiger partial charge in [-0.3, -0.25) is 4.79 Å². The van der Waals surface area contributed by atoms with Gasteiger partial charge in [0.1, 0.15) is 4.88 Å². The van der Waals surface area contributed by atoms with Gasteiger partial charge in [0.05, 0.1) is 10.7 Å². The minimum atomic E-state index is 0.0196. The summed E-state index contributed by atoms with van der Waals surface area (Å²) < 4.78 is 0. The Morgan fingerprint density at radius 3 is 2.55 bits per heavy atom. The molecule has 0 radical (unpaired) electrons. The summed E-state index contributed by atoms with van der Waals surface area (Å²) in [6.45, 7) is 12.4. The van der Waals surface area contributed by atoms with Crippen LogP contribution in [0.4, 0.5) is 0 Å². The van der Waals surface area contributed by atoms with Crippen molar-refractivity contribution in [3.63, 3.8) is 0 Å². The fourth-order valence-corrected chi connectivity index (χ4v) is 3.96. The van der Waals surface area contributed by atoms with Gasteiger partial charge in [0.15, 0.2) is 0 Å². The molecule has 0 bridgehead atoms. The third-order valence-corrected chi connectivity index (χ3v) is 4.84. The number of amides is 1. The highest BCUT2D eigenvalue weighted by molar-refractivity contribution is 7.13. The van der Waals surface area contributed by atoms with Crippen LogP contribution in [0.2, 0.25) is 0 Å². The molecule has 1 saturated heterocycles. The average Bonchev–Trinajstić information content (AvgIpc) is 2.67. The number of aryl methyl sites for hydroxylation is 2. The van der Waals surface area contributed by atoms with Crippen LogP contribution in [0.3, 0.4) is 0 Å². The molecule has 4 nitrogen and oxygen atoms in total. The molecule has 20 heavy (non-hydrogen) atoms. The third kappa shape index (κ3) is 4.03. The van der Waals surface area contributed by atoms with Crippen LogP contribution in [0, 0.1) is 25.7 Å². The first kappa shape index (κ1) is 15.4. The minimum absolute atomic E-state index is 0.0196. The largest absolute Gasteiger partial charge is 0.350 e. The van der Waals surface area contributed by atoms with Gasteiger partial charge in [-0.25, -0.2) is 4.98 Å². The smallest absolute Gasteiger partial charge is 0.263 e. The highest BCUT2D eigenvalue weighted by atomic mass is 32.1. The molecule has 2 rings (SSSR count). The number of carbonyl (C=O) groups excluding carboxylic acids is 1. The van der Waals surface area contributed by atoms with Crippen molar-refractivity contribution in [3.8, 4) is 0 Å². The number of aromatic nitrogens is 1. The lowest BCUT2D eigenvalue weighted by atomic mass is 9.92. The molecule has 1 aromatic rings. The van der Waals surface area contributed by atoms with Gasteiger partial charge in [0.2, 0.25) is 0 Å². The van der Waals surface area contributed by atoms with Crippen LogP contribution in [0.5, 0.6) is 0 Å². The molecule has 1 amide bonds. The predicted molar refractivity (Wildman–Crippen MR) is 83.3 cm³/mol. The second kappa shape index (κ2) is 6.68. The van der Waals surface area contributed by atoms with E-state index < -0.39 is 0 Å². The summed E-state index contributed by atoms with van der Waals surface area (Å²) in [4.78, 5) is 19.6. The van der Waals surface area contributed by atoms with Crippen LogP contribution in [-0.4, -0.2) is 42.0 Å². The Morgan fingerprint density at radius 2 is 2.00 bits per heavy atom. The maximum atomic E-state index is 12.1. The van der Waals surface area contributed by atoms with E-state index in [1.165, 1.54) is 17.8 Å². The Labute approximate surface area is 125 Å². The molecule has 1 N–H and O–H groups in total. The SMILES string of the molecule is Cc1nc(C)c(C(=O)NCCN2C[C@H](C)C[C@H](C)C2)s1. The van der Waals surface area contributed by atoms with Crippen LogP contribution in [0.15, 0.2) is 0 Å². The highest BCUT2D eigenvalue weighted by Gasteiger charge is 2.21. The molecular weight excluding hydrogens is 270 g/mol. The molecule has 1 aromatic heterocycles. The van der Waals surface area contributed by atoms with Crippen molar-refractivity contribution in [2.45, 2.75) is 34.1 Å². The second-order valence-electron chi connectivity index (χ2n) is 6.11. The Balaban J connectivity index is 1.78. The topological polar surface area (TPSA) is 45.2 Å². The number of thiazole rings is 1. The second-order valence-corrected chi connectivity index (χ2v) is 7.31. The summed E-state index contributed by atoms with van der Waals surface area (Å²) in [6, 6.07) is 0. The molecule has 0 aliphatic carbocycles. The van der Waals surface area contributed by atoms with Gasteiger partial charge in [-0.2, -0.15) is 0 Å². The number of rotatable bonds is 4. The summed E-state index contributed by atoms with van der Waals surface area (Å²) in [6.07, 6.45) is 1.32. The van der Waals surface area contributed by atoms with Crippen LogP contribution in [0.25, 0.3) is 0 Å².